The van der Waals surface area contributed by atoms with E-state index in [1.165, 1.54) is 0 Å². The van der Waals surface area contributed by atoms with Crippen LogP contribution in [0.25, 0.3) is 0 Å². The van der Waals surface area contributed by atoms with Gasteiger partial charge >= 0.3 is 21.1 Å². The molecule has 0 atom stereocenters. The summed E-state index contributed by atoms with van der Waals surface area (Å²) in [5, 5.41) is 0. The van der Waals surface area contributed by atoms with E-state index in [1.807, 2.05) is 0 Å². The van der Waals surface area contributed by atoms with E-state index in [0.717, 1.165) is 0 Å². The van der Waals surface area contributed by atoms with E-state index >= 15 is 0 Å². The summed E-state index contributed by atoms with van der Waals surface area (Å²) in [7, 11) is 0. The fraction of sp³-hybridized carbons (Fsp3) is 0. The van der Waals surface area contributed by atoms with E-state index < -0.39 is 0 Å². The molecule has 0 saturated heterocycles. The van der Waals surface area contributed by atoms with E-state index in [9.17, 15) is 0 Å². The zero-order valence-electron chi connectivity index (χ0n) is 1.97. The molecule has 5 heteroatoms. The van der Waals surface area contributed by atoms with E-state index in [0.29, 0.717) is 0 Å². The SMILES string of the molecule is [Co].[Mo+6].[O-2].[O-2].[O-2]. The fourth-order valence-electron chi connectivity index (χ4n) is 0. The molecule has 0 N–H and O–H groups in total. The Morgan fingerprint density at radius 3 is 0.600 bits per heavy atom. The van der Waals surface area contributed by atoms with E-state index in [2.05, 4.69) is 0 Å². The molecule has 0 rings (SSSR count). The second-order valence-electron chi connectivity index (χ2n) is 0. The molecule has 0 amide bonds. The summed E-state index contributed by atoms with van der Waals surface area (Å²) >= 11 is 0. The van der Waals surface area contributed by atoms with Gasteiger partial charge in [0.2, 0.25) is 0 Å². The Morgan fingerprint density at radius 2 is 0.600 bits per heavy atom. The molecule has 0 aliphatic carbocycles. The minimum Gasteiger partial charge on any atom is -2.00 e. The van der Waals surface area contributed by atoms with Gasteiger partial charge in [-0.05, 0) is 0 Å². The van der Waals surface area contributed by atoms with Gasteiger partial charge in [-0.3, -0.25) is 0 Å². The summed E-state index contributed by atoms with van der Waals surface area (Å²) in [4.78, 5) is 0. The smallest absolute Gasteiger partial charge is 2.00 e. The van der Waals surface area contributed by atoms with Crippen LogP contribution >= 0.6 is 0 Å². The minimum absolute atomic E-state index is 0. The van der Waals surface area contributed by atoms with Crippen LogP contribution in [0.3, 0.4) is 0 Å². The van der Waals surface area contributed by atoms with Gasteiger partial charge in [-0.15, -0.1) is 0 Å². The number of rotatable bonds is 0. The van der Waals surface area contributed by atoms with Gasteiger partial charge in [0, 0.05) is 16.8 Å². The van der Waals surface area contributed by atoms with Gasteiger partial charge in [0.05, 0.1) is 0 Å². The Labute approximate surface area is 54.5 Å². The van der Waals surface area contributed by atoms with Crippen molar-refractivity contribution in [3.8, 4) is 0 Å². The van der Waals surface area contributed by atoms with Crippen LogP contribution in [0.1, 0.15) is 0 Å². The van der Waals surface area contributed by atoms with Crippen molar-refractivity contribution >= 4 is 0 Å². The van der Waals surface area contributed by atoms with E-state index in [1.54, 1.807) is 0 Å². The zero-order valence-corrected chi connectivity index (χ0v) is 5.01. The topological polar surface area (TPSA) is 85.5 Å². The Morgan fingerprint density at radius 1 is 0.600 bits per heavy atom. The maximum absolute atomic E-state index is 0. The molecule has 0 bridgehead atoms. The summed E-state index contributed by atoms with van der Waals surface area (Å²) in [5.41, 5.74) is 0. The van der Waals surface area contributed by atoms with Crippen LogP contribution in [0.2, 0.25) is 0 Å². The molecular formula is CoMoO3. The first-order chi connectivity index (χ1) is 0. The Balaban J connectivity index is 0. The van der Waals surface area contributed by atoms with Crippen molar-refractivity contribution in [1.29, 1.82) is 0 Å². The molecular weight excluding hydrogens is 203 g/mol. The molecule has 0 aromatic rings. The molecule has 33 valence electrons. The average Bonchev–Trinajstić information content (AvgIpc) is 0. The van der Waals surface area contributed by atoms with Crippen molar-refractivity contribution in [1.82, 2.24) is 0 Å². The Hall–Kier alpha value is 1.07. The normalized spacial score (nSPS) is 0. The van der Waals surface area contributed by atoms with Crippen molar-refractivity contribution in [3.63, 3.8) is 0 Å². The summed E-state index contributed by atoms with van der Waals surface area (Å²) in [6.45, 7) is 0. The molecule has 5 heavy (non-hydrogen) atoms. The summed E-state index contributed by atoms with van der Waals surface area (Å²) in [6, 6.07) is 0. The Kier molecular flexibility index (Phi) is 1980. The number of hydrogen-bond acceptors (Lipinski definition) is 0. The van der Waals surface area contributed by atoms with E-state index in [4.69, 9.17) is 0 Å². The molecule has 0 aliphatic rings. The van der Waals surface area contributed by atoms with Crippen molar-refractivity contribution in [2.75, 3.05) is 0 Å². The molecule has 0 heterocycles. The van der Waals surface area contributed by atoms with Crippen molar-refractivity contribution < 1.29 is 54.3 Å². The van der Waals surface area contributed by atoms with Crippen LogP contribution in [0.5, 0.6) is 0 Å². The third-order valence-electron chi connectivity index (χ3n) is 0. The fourth-order valence-corrected chi connectivity index (χ4v) is 0. The third-order valence-corrected chi connectivity index (χ3v) is 0. The summed E-state index contributed by atoms with van der Waals surface area (Å²) in [6.07, 6.45) is 0. The van der Waals surface area contributed by atoms with Crippen molar-refractivity contribution in [2.45, 2.75) is 0 Å². The molecule has 0 unspecified atom stereocenters. The standard InChI is InChI=1S/Co.Mo.3O/q;+6;3*-2. The molecule has 0 saturated carbocycles. The Bertz CT molecular complexity index is 6.85. The van der Waals surface area contributed by atoms with Gasteiger partial charge in [0.15, 0.2) is 0 Å². The van der Waals surface area contributed by atoms with Crippen LogP contribution in [-0.2, 0) is 54.3 Å². The predicted molar refractivity (Wildman–Crippen MR) is 2.06 cm³/mol. The summed E-state index contributed by atoms with van der Waals surface area (Å²) in [5.74, 6) is 0. The van der Waals surface area contributed by atoms with Crippen LogP contribution in [-0.4, -0.2) is 0 Å². The molecule has 1 radical (unpaired) electrons. The van der Waals surface area contributed by atoms with Gasteiger partial charge in [-0.25, -0.2) is 0 Å². The van der Waals surface area contributed by atoms with Crippen LogP contribution in [0, 0.1) is 0 Å². The first-order valence-corrected chi connectivity index (χ1v) is 0. The molecule has 0 spiro atoms. The van der Waals surface area contributed by atoms with Crippen LogP contribution in [0.15, 0.2) is 0 Å². The maximum Gasteiger partial charge on any atom is 6.00 e. The quantitative estimate of drug-likeness (QED) is 0.481. The average molecular weight is 203 g/mol. The van der Waals surface area contributed by atoms with Crippen LogP contribution < -0.4 is 0 Å². The van der Waals surface area contributed by atoms with Gasteiger partial charge < -0.3 is 16.4 Å². The monoisotopic (exact) mass is 205 g/mol. The second kappa shape index (κ2) is 72.9. The molecule has 0 fully saturated rings. The maximum atomic E-state index is 0. The van der Waals surface area contributed by atoms with Crippen molar-refractivity contribution in [2.24, 2.45) is 0 Å². The minimum atomic E-state index is 0. The van der Waals surface area contributed by atoms with Gasteiger partial charge in [0.1, 0.15) is 0 Å². The largest absolute Gasteiger partial charge is 6.00 e. The molecule has 0 aromatic carbocycles. The zero-order chi connectivity index (χ0) is 0. The molecule has 0 aliphatic heterocycles. The van der Waals surface area contributed by atoms with Gasteiger partial charge in [-0.1, -0.05) is 0 Å². The van der Waals surface area contributed by atoms with Gasteiger partial charge in [0.25, 0.3) is 0 Å². The van der Waals surface area contributed by atoms with Gasteiger partial charge in [-0.2, -0.15) is 0 Å². The summed E-state index contributed by atoms with van der Waals surface area (Å²) < 4.78 is 0. The first-order valence-electron chi connectivity index (χ1n) is 0. The molecule has 3 nitrogen and oxygen atoms in total. The van der Waals surface area contributed by atoms with Crippen LogP contribution in [0.4, 0.5) is 0 Å². The van der Waals surface area contributed by atoms with Crippen molar-refractivity contribution in [3.05, 3.63) is 0 Å². The molecule has 0 aromatic heterocycles. The second-order valence-corrected chi connectivity index (χ2v) is 0. The van der Waals surface area contributed by atoms with E-state index in [-0.39, 0.29) is 54.3 Å². The number of hydrogen-bond donors (Lipinski definition) is 0. The first kappa shape index (κ1) is 135. The predicted octanol–water partition coefficient (Wildman–Crippen LogP) is -0.361. The third kappa shape index (κ3) is 41.5.